The summed E-state index contributed by atoms with van der Waals surface area (Å²) < 4.78 is 26.2. The van der Waals surface area contributed by atoms with Gasteiger partial charge in [0.1, 0.15) is 17.9 Å². The first-order chi connectivity index (χ1) is 12.6. The van der Waals surface area contributed by atoms with Crippen LogP contribution >= 0.6 is 0 Å². The fourth-order valence-corrected chi connectivity index (χ4v) is 3.37. The zero-order valence-corrected chi connectivity index (χ0v) is 16.0. The van der Waals surface area contributed by atoms with E-state index in [4.69, 9.17) is 0 Å². The Bertz CT molecular complexity index is 967. The van der Waals surface area contributed by atoms with Gasteiger partial charge < -0.3 is 5.32 Å². The number of nitrogens with zero attached hydrogens (tertiary/aromatic N) is 4. The molecular formula is C15H19N5O6S. The first-order valence-corrected chi connectivity index (χ1v) is 9.13. The molecule has 0 aliphatic rings. The van der Waals surface area contributed by atoms with Gasteiger partial charge in [0.2, 0.25) is 5.91 Å². The van der Waals surface area contributed by atoms with Gasteiger partial charge in [-0.2, -0.15) is 5.10 Å². The molecule has 11 nitrogen and oxygen atoms in total. The van der Waals surface area contributed by atoms with Crippen LogP contribution in [0.25, 0.3) is 0 Å². The lowest BCUT2D eigenvalue weighted by Gasteiger charge is -2.14. The monoisotopic (exact) mass is 397 g/mol. The number of carbonyl (C=O) groups excluding carboxylic acids is 1. The van der Waals surface area contributed by atoms with E-state index in [1.165, 1.54) is 57.0 Å². The summed E-state index contributed by atoms with van der Waals surface area (Å²) in [6, 6.07) is 5.51. The number of anilines is 1. The molecule has 1 amide bonds. The third kappa shape index (κ3) is 4.30. The Morgan fingerprint density at radius 2 is 1.93 bits per heavy atom. The molecule has 0 radical (unpaired) electrons. The molecule has 146 valence electrons. The minimum Gasteiger partial charge on any atom is -0.324 e. The Labute approximate surface area is 155 Å². The largest absolute Gasteiger partial charge is 0.324 e. The van der Waals surface area contributed by atoms with Crippen LogP contribution in [0.1, 0.15) is 11.4 Å². The number of sulfonamides is 1. The number of carbonyl (C=O) groups is 1. The predicted octanol–water partition coefficient (Wildman–Crippen LogP) is 1.23. The molecular weight excluding hydrogens is 378 g/mol. The van der Waals surface area contributed by atoms with Gasteiger partial charge in [0.05, 0.1) is 16.9 Å². The van der Waals surface area contributed by atoms with Crippen LogP contribution in [0.4, 0.5) is 11.4 Å². The molecule has 0 spiro atoms. The number of nitrogens with one attached hydrogen (secondary N) is 1. The van der Waals surface area contributed by atoms with E-state index in [0.29, 0.717) is 5.69 Å². The van der Waals surface area contributed by atoms with Crippen molar-refractivity contribution in [3.05, 3.63) is 45.8 Å². The second-order valence-corrected chi connectivity index (χ2v) is 7.54. The van der Waals surface area contributed by atoms with Gasteiger partial charge >= 0.3 is 5.69 Å². The third-order valence-corrected chi connectivity index (χ3v) is 5.54. The van der Waals surface area contributed by atoms with E-state index >= 15 is 0 Å². The molecule has 27 heavy (non-hydrogen) atoms. The van der Waals surface area contributed by atoms with Gasteiger partial charge in [-0.25, -0.2) is 8.42 Å². The van der Waals surface area contributed by atoms with Gasteiger partial charge in [0, 0.05) is 12.7 Å². The van der Waals surface area contributed by atoms with E-state index in [2.05, 4.69) is 15.3 Å². The molecule has 1 N–H and O–H groups in total. The number of nitro groups is 1. The lowest BCUT2D eigenvalue weighted by atomic mass is 10.3. The smallest absolute Gasteiger partial charge is 0.312 e. The van der Waals surface area contributed by atoms with Crippen LogP contribution in [0.2, 0.25) is 0 Å². The van der Waals surface area contributed by atoms with E-state index in [9.17, 15) is 23.3 Å². The van der Waals surface area contributed by atoms with Crippen LogP contribution in [0, 0.1) is 24.0 Å². The zero-order chi connectivity index (χ0) is 20.4. The molecule has 0 atom stereocenters. The van der Waals surface area contributed by atoms with Gasteiger partial charge in [0.25, 0.3) is 10.0 Å². The van der Waals surface area contributed by atoms with E-state index in [1.54, 1.807) is 0 Å². The van der Waals surface area contributed by atoms with E-state index in [-0.39, 0.29) is 28.5 Å². The molecule has 0 aliphatic carbocycles. The highest BCUT2D eigenvalue weighted by atomic mass is 32.2. The van der Waals surface area contributed by atoms with Crippen molar-refractivity contribution in [3.8, 4) is 0 Å². The Kier molecular flexibility index (Phi) is 5.93. The number of benzene rings is 1. The van der Waals surface area contributed by atoms with Crippen molar-refractivity contribution < 1.29 is 23.0 Å². The first kappa shape index (κ1) is 20.5. The Hall–Kier alpha value is -2.83. The zero-order valence-electron chi connectivity index (χ0n) is 15.2. The predicted molar refractivity (Wildman–Crippen MR) is 95.4 cm³/mol. The molecule has 2 rings (SSSR count). The molecule has 0 aliphatic heterocycles. The lowest BCUT2D eigenvalue weighted by molar-refractivity contribution is -0.386. The minimum atomic E-state index is -3.78. The summed E-state index contributed by atoms with van der Waals surface area (Å²) in [4.78, 5) is 27.3. The van der Waals surface area contributed by atoms with Crippen molar-refractivity contribution in [2.45, 2.75) is 25.3 Å². The van der Waals surface area contributed by atoms with Crippen molar-refractivity contribution in [2.24, 2.45) is 0 Å². The number of rotatable bonds is 7. The van der Waals surface area contributed by atoms with Crippen LogP contribution in [0.3, 0.4) is 0 Å². The third-order valence-electron chi connectivity index (χ3n) is 3.85. The molecule has 0 fully saturated rings. The molecule has 1 heterocycles. The van der Waals surface area contributed by atoms with Crippen molar-refractivity contribution in [1.82, 2.24) is 14.2 Å². The van der Waals surface area contributed by atoms with Crippen LogP contribution in [0.5, 0.6) is 0 Å². The fourth-order valence-electron chi connectivity index (χ4n) is 2.40. The number of aryl methyl sites for hydroxylation is 1. The number of hydroxylamine groups is 1. The van der Waals surface area contributed by atoms with Gasteiger partial charge in [-0.1, -0.05) is 4.47 Å². The van der Waals surface area contributed by atoms with Gasteiger partial charge in [-0.05, 0) is 38.1 Å². The molecule has 0 saturated carbocycles. The number of amides is 1. The Balaban J connectivity index is 2.11. The van der Waals surface area contributed by atoms with Gasteiger partial charge in [-0.15, -0.1) is 0 Å². The summed E-state index contributed by atoms with van der Waals surface area (Å²) in [5, 5.41) is 17.6. The SMILES string of the molecule is CON(C)S(=O)(=O)c1ccc(NC(=O)Cn2nc(C)c([N+](=O)[O-])c2C)cc1. The average molecular weight is 397 g/mol. The lowest BCUT2D eigenvalue weighted by Crippen LogP contribution is -2.25. The topological polar surface area (TPSA) is 137 Å². The van der Waals surface area contributed by atoms with Crippen molar-refractivity contribution in [3.63, 3.8) is 0 Å². The maximum absolute atomic E-state index is 12.2. The summed E-state index contributed by atoms with van der Waals surface area (Å²) in [5.41, 5.74) is 0.744. The van der Waals surface area contributed by atoms with E-state index in [0.717, 1.165) is 4.47 Å². The first-order valence-electron chi connectivity index (χ1n) is 7.69. The highest BCUT2D eigenvalue weighted by molar-refractivity contribution is 7.89. The second-order valence-electron chi connectivity index (χ2n) is 5.60. The average Bonchev–Trinajstić information content (AvgIpc) is 2.87. The van der Waals surface area contributed by atoms with Crippen LogP contribution in [-0.2, 0) is 26.2 Å². The standard InChI is InChI=1S/C15H19N5O6S/c1-10-15(20(22)23)11(2)19(17-10)9-14(21)16-12-5-7-13(8-6-12)27(24,25)18(3)26-4/h5-8H,9H2,1-4H3,(H,16,21). The summed E-state index contributed by atoms with van der Waals surface area (Å²) in [6.07, 6.45) is 0. The molecule has 2 aromatic rings. The van der Waals surface area contributed by atoms with Crippen molar-refractivity contribution in [2.75, 3.05) is 19.5 Å². The quantitative estimate of drug-likeness (QED) is 0.548. The maximum atomic E-state index is 12.2. The Morgan fingerprint density at radius 3 is 2.41 bits per heavy atom. The van der Waals surface area contributed by atoms with Crippen LogP contribution in [0.15, 0.2) is 29.2 Å². The summed E-state index contributed by atoms with van der Waals surface area (Å²) in [7, 11) is -1.28. The molecule has 0 bridgehead atoms. The normalized spacial score (nSPS) is 11.6. The molecule has 1 aromatic carbocycles. The highest BCUT2D eigenvalue weighted by Crippen LogP contribution is 2.22. The molecule has 0 unspecified atom stereocenters. The minimum absolute atomic E-state index is 0.000908. The molecule has 12 heteroatoms. The highest BCUT2D eigenvalue weighted by Gasteiger charge is 2.23. The summed E-state index contributed by atoms with van der Waals surface area (Å²) >= 11 is 0. The fraction of sp³-hybridized carbons (Fsp3) is 0.333. The number of hydrogen-bond donors (Lipinski definition) is 1. The van der Waals surface area contributed by atoms with Crippen molar-refractivity contribution >= 4 is 27.3 Å². The Morgan fingerprint density at radius 1 is 1.33 bits per heavy atom. The molecule has 0 saturated heterocycles. The maximum Gasteiger partial charge on any atom is 0.312 e. The van der Waals surface area contributed by atoms with E-state index in [1.807, 2.05) is 0 Å². The van der Waals surface area contributed by atoms with Gasteiger partial charge in [0.15, 0.2) is 0 Å². The van der Waals surface area contributed by atoms with E-state index < -0.39 is 20.9 Å². The van der Waals surface area contributed by atoms with Gasteiger partial charge in [-0.3, -0.25) is 24.4 Å². The molecule has 1 aromatic heterocycles. The summed E-state index contributed by atoms with van der Waals surface area (Å²) in [5.74, 6) is -0.458. The van der Waals surface area contributed by atoms with Crippen LogP contribution in [-0.4, -0.2) is 47.7 Å². The van der Waals surface area contributed by atoms with Crippen molar-refractivity contribution in [1.29, 1.82) is 0 Å². The second kappa shape index (κ2) is 7.82. The number of hydrogen-bond acceptors (Lipinski definition) is 7. The van der Waals surface area contributed by atoms with Crippen LogP contribution < -0.4 is 5.32 Å². The number of aromatic nitrogens is 2. The summed E-state index contributed by atoms with van der Waals surface area (Å²) in [6.45, 7) is 2.79.